The molecule has 0 radical (unpaired) electrons. The van der Waals surface area contributed by atoms with E-state index in [4.69, 9.17) is 0 Å². The third-order valence-electron chi connectivity index (χ3n) is 4.93. The lowest BCUT2D eigenvalue weighted by Gasteiger charge is -2.28. The number of carbonyl (C=O) groups excluding carboxylic acids is 1. The predicted octanol–water partition coefficient (Wildman–Crippen LogP) is 4.73. The van der Waals surface area contributed by atoms with Gasteiger partial charge in [-0.15, -0.1) is 0 Å². The molecule has 0 spiro atoms. The number of hydrogen-bond acceptors (Lipinski definition) is 3. The average molecular weight is 351 g/mol. The summed E-state index contributed by atoms with van der Waals surface area (Å²) < 4.78 is 0. The maximum Gasteiger partial charge on any atom is 0.226 e. The van der Waals surface area contributed by atoms with Crippen LogP contribution in [0.1, 0.15) is 36.8 Å². The van der Waals surface area contributed by atoms with Crippen LogP contribution in [0.2, 0.25) is 0 Å². The highest BCUT2D eigenvalue weighted by molar-refractivity contribution is 5.91. The monoisotopic (exact) mass is 351 g/mol. The van der Waals surface area contributed by atoms with Gasteiger partial charge in [0.2, 0.25) is 5.91 Å². The van der Waals surface area contributed by atoms with Crippen molar-refractivity contribution in [2.75, 3.05) is 35.2 Å². The first-order valence-corrected chi connectivity index (χ1v) is 9.58. The minimum Gasteiger partial charge on any atom is -0.385 e. The third-order valence-corrected chi connectivity index (χ3v) is 4.93. The molecule has 0 atom stereocenters. The maximum atomic E-state index is 12.1. The number of nitrogens with one attached hydrogen (secondary N) is 2. The van der Waals surface area contributed by atoms with Gasteiger partial charge in [0.15, 0.2) is 0 Å². The molecule has 4 nitrogen and oxygen atoms in total. The van der Waals surface area contributed by atoms with E-state index in [2.05, 4.69) is 52.8 Å². The Labute approximate surface area is 156 Å². The van der Waals surface area contributed by atoms with Crippen LogP contribution in [0.15, 0.2) is 42.5 Å². The quantitative estimate of drug-likeness (QED) is 0.790. The van der Waals surface area contributed by atoms with Gasteiger partial charge in [0.25, 0.3) is 0 Å². The minimum atomic E-state index is 0.0365. The van der Waals surface area contributed by atoms with E-state index in [-0.39, 0.29) is 5.91 Å². The van der Waals surface area contributed by atoms with E-state index in [9.17, 15) is 4.79 Å². The maximum absolute atomic E-state index is 12.1. The molecule has 0 bridgehead atoms. The van der Waals surface area contributed by atoms with Crippen LogP contribution in [0.5, 0.6) is 0 Å². The summed E-state index contributed by atoms with van der Waals surface area (Å²) in [4.78, 5) is 14.6. The van der Waals surface area contributed by atoms with Crippen molar-refractivity contribution < 1.29 is 4.79 Å². The van der Waals surface area contributed by atoms with Crippen molar-refractivity contribution in [2.24, 2.45) is 0 Å². The molecule has 0 aromatic heterocycles. The van der Waals surface area contributed by atoms with Crippen LogP contribution in [-0.4, -0.2) is 25.5 Å². The number of anilines is 3. The molecule has 2 aromatic rings. The molecule has 1 heterocycles. The summed E-state index contributed by atoms with van der Waals surface area (Å²) in [6.45, 7) is 7.01. The number of benzene rings is 2. The molecule has 26 heavy (non-hydrogen) atoms. The number of hydrogen-bond donors (Lipinski definition) is 2. The first-order valence-electron chi connectivity index (χ1n) is 9.58. The van der Waals surface area contributed by atoms with Crippen LogP contribution in [0.4, 0.5) is 17.1 Å². The molecule has 4 heteroatoms. The molecule has 1 fully saturated rings. The molecule has 1 aliphatic heterocycles. The Hall–Kier alpha value is -2.49. The SMILES string of the molecule is Cc1ccc(NC(=O)CCNc2ccc(N3CCCCC3)cc2)c(C)c1. The lowest BCUT2D eigenvalue weighted by atomic mass is 10.1. The fourth-order valence-corrected chi connectivity index (χ4v) is 3.43. The Bertz CT molecular complexity index is 734. The van der Waals surface area contributed by atoms with E-state index in [0.29, 0.717) is 13.0 Å². The van der Waals surface area contributed by atoms with Gasteiger partial charge in [-0.2, -0.15) is 0 Å². The van der Waals surface area contributed by atoms with Gasteiger partial charge in [-0.3, -0.25) is 4.79 Å². The summed E-state index contributed by atoms with van der Waals surface area (Å²) in [7, 11) is 0. The number of rotatable bonds is 6. The number of amides is 1. The van der Waals surface area contributed by atoms with E-state index in [1.165, 1.54) is 30.5 Å². The van der Waals surface area contributed by atoms with Gasteiger partial charge >= 0.3 is 0 Å². The van der Waals surface area contributed by atoms with Crippen LogP contribution in [-0.2, 0) is 4.79 Å². The van der Waals surface area contributed by atoms with Crippen LogP contribution < -0.4 is 15.5 Å². The Morgan fingerprint density at radius 2 is 1.73 bits per heavy atom. The van der Waals surface area contributed by atoms with E-state index in [0.717, 1.165) is 30.0 Å². The van der Waals surface area contributed by atoms with Crippen molar-refractivity contribution in [2.45, 2.75) is 39.5 Å². The van der Waals surface area contributed by atoms with Crippen LogP contribution in [0, 0.1) is 13.8 Å². The van der Waals surface area contributed by atoms with Crippen molar-refractivity contribution in [3.05, 3.63) is 53.6 Å². The van der Waals surface area contributed by atoms with Gasteiger partial charge in [-0.1, -0.05) is 17.7 Å². The van der Waals surface area contributed by atoms with Gasteiger partial charge in [-0.25, -0.2) is 0 Å². The summed E-state index contributed by atoms with van der Waals surface area (Å²) in [6.07, 6.45) is 4.37. The molecule has 2 aromatic carbocycles. The molecule has 0 saturated carbocycles. The Morgan fingerprint density at radius 3 is 2.42 bits per heavy atom. The highest BCUT2D eigenvalue weighted by Gasteiger charge is 2.10. The van der Waals surface area contributed by atoms with Crippen molar-refractivity contribution in [1.82, 2.24) is 0 Å². The zero-order chi connectivity index (χ0) is 18.4. The lowest BCUT2D eigenvalue weighted by Crippen LogP contribution is -2.29. The van der Waals surface area contributed by atoms with Crippen molar-refractivity contribution in [3.63, 3.8) is 0 Å². The van der Waals surface area contributed by atoms with Gasteiger partial charge in [0.05, 0.1) is 0 Å². The summed E-state index contributed by atoms with van der Waals surface area (Å²) in [5.74, 6) is 0.0365. The third kappa shape index (κ3) is 5.01. The van der Waals surface area contributed by atoms with Crippen molar-refractivity contribution in [3.8, 4) is 0 Å². The van der Waals surface area contributed by atoms with Crippen LogP contribution in [0.25, 0.3) is 0 Å². The fourth-order valence-electron chi connectivity index (χ4n) is 3.43. The minimum absolute atomic E-state index is 0.0365. The summed E-state index contributed by atoms with van der Waals surface area (Å²) in [5.41, 5.74) is 5.55. The van der Waals surface area contributed by atoms with Crippen molar-refractivity contribution >= 4 is 23.0 Å². The molecule has 2 N–H and O–H groups in total. The first-order chi connectivity index (χ1) is 12.6. The second-order valence-electron chi connectivity index (χ2n) is 7.14. The van der Waals surface area contributed by atoms with Crippen LogP contribution >= 0.6 is 0 Å². The fraction of sp³-hybridized carbons (Fsp3) is 0.409. The Kier molecular flexibility index (Phi) is 6.16. The molecule has 1 saturated heterocycles. The van der Waals surface area contributed by atoms with Gasteiger partial charge in [0.1, 0.15) is 0 Å². The smallest absolute Gasteiger partial charge is 0.226 e. The topological polar surface area (TPSA) is 44.4 Å². The highest BCUT2D eigenvalue weighted by atomic mass is 16.1. The Morgan fingerprint density at radius 1 is 1.00 bits per heavy atom. The largest absolute Gasteiger partial charge is 0.385 e. The first kappa shape index (κ1) is 18.3. The molecule has 3 rings (SSSR count). The standard InChI is InChI=1S/C22H29N3O/c1-17-6-11-21(18(2)16-17)24-22(26)12-13-23-19-7-9-20(10-8-19)25-14-4-3-5-15-25/h6-11,16,23H,3-5,12-15H2,1-2H3,(H,24,26). The summed E-state index contributed by atoms with van der Waals surface area (Å²) in [6, 6.07) is 14.6. The number of nitrogens with zero attached hydrogens (tertiary/aromatic N) is 1. The average Bonchev–Trinajstić information content (AvgIpc) is 2.65. The zero-order valence-corrected chi connectivity index (χ0v) is 15.8. The number of aryl methyl sites for hydroxylation is 2. The molecular weight excluding hydrogens is 322 g/mol. The van der Waals surface area contributed by atoms with E-state index in [1.54, 1.807) is 0 Å². The molecular formula is C22H29N3O. The van der Waals surface area contributed by atoms with Crippen molar-refractivity contribution in [1.29, 1.82) is 0 Å². The second kappa shape index (κ2) is 8.75. The van der Waals surface area contributed by atoms with Gasteiger partial charge in [-0.05, 0) is 69.0 Å². The number of carbonyl (C=O) groups is 1. The molecule has 138 valence electrons. The number of piperidine rings is 1. The van der Waals surface area contributed by atoms with E-state index in [1.807, 2.05) is 19.1 Å². The predicted molar refractivity (Wildman–Crippen MR) is 110 cm³/mol. The normalized spacial score (nSPS) is 14.2. The molecule has 1 amide bonds. The Balaban J connectivity index is 1.44. The summed E-state index contributed by atoms with van der Waals surface area (Å²) >= 11 is 0. The highest BCUT2D eigenvalue weighted by Crippen LogP contribution is 2.22. The van der Waals surface area contributed by atoms with Crippen LogP contribution in [0.3, 0.4) is 0 Å². The molecule has 1 aliphatic rings. The lowest BCUT2D eigenvalue weighted by molar-refractivity contribution is -0.115. The van der Waals surface area contributed by atoms with Gasteiger partial charge in [0, 0.05) is 43.1 Å². The summed E-state index contributed by atoms with van der Waals surface area (Å²) in [5, 5.41) is 6.33. The second-order valence-corrected chi connectivity index (χ2v) is 7.14. The molecule has 0 aliphatic carbocycles. The van der Waals surface area contributed by atoms with E-state index >= 15 is 0 Å². The molecule has 0 unspecified atom stereocenters. The van der Waals surface area contributed by atoms with Gasteiger partial charge < -0.3 is 15.5 Å². The van der Waals surface area contributed by atoms with E-state index < -0.39 is 0 Å². The zero-order valence-electron chi connectivity index (χ0n) is 15.8.